The number of halogens is 4. The van der Waals surface area contributed by atoms with Crippen LogP contribution in [0.4, 0.5) is 17.6 Å². The molecule has 0 radical (unpaired) electrons. The second-order valence-corrected chi connectivity index (χ2v) is 13.3. The molecule has 0 saturated carbocycles. The number of ether oxygens (including phenoxy) is 1. The Morgan fingerprint density at radius 3 is 1.84 bits per heavy atom. The zero-order chi connectivity index (χ0) is 42.3. The van der Waals surface area contributed by atoms with E-state index >= 15 is 0 Å². The fourth-order valence-corrected chi connectivity index (χ4v) is 6.07. The maximum Gasteiger partial charge on any atom is 0.416 e. The molecular formula is C39H44F4N4O9S. The molecule has 4 rings (SSSR count). The largest absolute Gasteiger partial charge is 0.487 e. The van der Waals surface area contributed by atoms with Crippen molar-refractivity contribution in [2.24, 2.45) is 0 Å². The Hall–Kier alpha value is -5.30. The number of aliphatic carboxylic acids is 2. The topological polar surface area (TPSA) is 183 Å². The Kier molecular flexibility index (Phi) is 17.7. The van der Waals surface area contributed by atoms with E-state index in [1.54, 1.807) is 28.5 Å². The summed E-state index contributed by atoms with van der Waals surface area (Å²) in [7, 11) is 0. The highest BCUT2D eigenvalue weighted by Crippen LogP contribution is 2.31. The van der Waals surface area contributed by atoms with Gasteiger partial charge in [-0.2, -0.15) is 18.2 Å². The molecule has 0 aliphatic heterocycles. The first-order valence-corrected chi connectivity index (χ1v) is 18.7. The smallest absolute Gasteiger partial charge is 0.416 e. The van der Waals surface area contributed by atoms with Gasteiger partial charge in [-0.1, -0.05) is 74.1 Å². The summed E-state index contributed by atoms with van der Waals surface area (Å²) in [6.45, 7) is 9.08. The molecule has 18 heteroatoms. The van der Waals surface area contributed by atoms with E-state index in [2.05, 4.69) is 23.7 Å². The number of hydrogen-bond donors (Lipinski definition) is 4. The molecule has 0 aliphatic rings. The van der Waals surface area contributed by atoms with Gasteiger partial charge in [0.25, 0.3) is 0 Å². The lowest BCUT2D eigenvalue weighted by Gasteiger charge is -2.27. The number of nitrogens with zero attached hydrogens (tertiary/aromatic N) is 4. The van der Waals surface area contributed by atoms with E-state index < -0.39 is 41.4 Å². The van der Waals surface area contributed by atoms with Crippen LogP contribution in [0.3, 0.4) is 0 Å². The lowest BCUT2D eigenvalue weighted by molar-refractivity contribution is -0.165. The minimum Gasteiger partial charge on any atom is -0.487 e. The lowest BCUT2D eigenvalue weighted by Crippen LogP contribution is -2.40. The Morgan fingerprint density at radius 2 is 1.35 bits per heavy atom. The van der Waals surface area contributed by atoms with Crippen molar-refractivity contribution in [3.8, 4) is 16.9 Å². The number of amides is 1. The third-order valence-electron chi connectivity index (χ3n) is 8.42. The van der Waals surface area contributed by atoms with Gasteiger partial charge >= 0.3 is 23.7 Å². The van der Waals surface area contributed by atoms with Crippen LogP contribution in [0.15, 0.2) is 88.9 Å². The minimum atomic E-state index is -4.40. The molecule has 308 valence electrons. The number of aliphatic hydroxyl groups excluding tert-OH is 2. The Morgan fingerprint density at radius 1 is 0.825 bits per heavy atom. The van der Waals surface area contributed by atoms with Gasteiger partial charge in [-0.3, -0.25) is 9.59 Å². The zero-order valence-electron chi connectivity index (χ0n) is 31.4. The molecule has 0 spiro atoms. The molecule has 1 aromatic heterocycles. The normalized spacial score (nSPS) is 12.3. The fraction of sp³-hybridized carbons (Fsp3) is 0.359. The number of carbonyl (C=O) groups is 3. The van der Waals surface area contributed by atoms with Crippen molar-refractivity contribution in [1.29, 1.82) is 0 Å². The average Bonchev–Trinajstić information content (AvgIpc) is 3.18. The summed E-state index contributed by atoms with van der Waals surface area (Å²) in [6.07, 6.45) is -7.43. The van der Waals surface area contributed by atoms with Crippen LogP contribution in [0.5, 0.6) is 5.75 Å². The maximum atomic E-state index is 13.9. The average molecular weight is 821 g/mol. The Bertz CT molecular complexity index is 1960. The number of rotatable bonds is 18. The van der Waals surface area contributed by atoms with Crippen molar-refractivity contribution in [1.82, 2.24) is 19.4 Å². The molecule has 1 heterocycles. The van der Waals surface area contributed by atoms with E-state index in [1.807, 2.05) is 24.3 Å². The summed E-state index contributed by atoms with van der Waals surface area (Å²) < 4.78 is 59.5. The van der Waals surface area contributed by atoms with Gasteiger partial charge in [0.05, 0.1) is 18.4 Å². The SMILES string of the molecule is CCOc1cn(CC(=O)N(CCN(CC)CC)Cc2ccc(-c3ccc(C(F)(F)F)cc3)cc2)c(SCc2ccc(F)cc2)nc1=O.O=C(O)C(O)C(O)C(=O)O. The Labute approximate surface area is 330 Å². The van der Waals surface area contributed by atoms with E-state index in [4.69, 9.17) is 25.2 Å². The lowest BCUT2D eigenvalue weighted by atomic mass is 10.0. The molecule has 4 aromatic rings. The van der Waals surface area contributed by atoms with Crippen LogP contribution in [0, 0.1) is 5.82 Å². The molecule has 0 aliphatic carbocycles. The van der Waals surface area contributed by atoms with Gasteiger partial charge in [0.15, 0.2) is 17.4 Å². The maximum absolute atomic E-state index is 13.9. The fourth-order valence-electron chi connectivity index (χ4n) is 5.15. The van der Waals surface area contributed by atoms with Crippen molar-refractivity contribution < 1.29 is 57.1 Å². The van der Waals surface area contributed by atoms with Crippen LogP contribution in [-0.2, 0) is 39.4 Å². The van der Waals surface area contributed by atoms with Crippen LogP contribution >= 0.6 is 11.8 Å². The molecule has 2 unspecified atom stereocenters. The van der Waals surface area contributed by atoms with Crippen LogP contribution in [-0.4, -0.2) is 103 Å². The summed E-state index contributed by atoms with van der Waals surface area (Å²) in [5, 5.41) is 32.9. The van der Waals surface area contributed by atoms with E-state index in [0.717, 1.165) is 41.9 Å². The Balaban J connectivity index is 0.000000766. The molecule has 57 heavy (non-hydrogen) atoms. The van der Waals surface area contributed by atoms with Gasteiger partial charge in [0.2, 0.25) is 11.7 Å². The number of likely N-dealkylation sites (N-methyl/N-ethyl adjacent to an activating group) is 1. The number of aliphatic hydroxyl groups is 2. The van der Waals surface area contributed by atoms with E-state index in [0.29, 0.717) is 36.1 Å². The first-order valence-electron chi connectivity index (χ1n) is 17.7. The van der Waals surface area contributed by atoms with Gasteiger partial charge in [0, 0.05) is 25.4 Å². The minimum absolute atomic E-state index is 0.0416. The first-order chi connectivity index (χ1) is 27.0. The molecule has 3 aromatic carbocycles. The first kappa shape index (κ1) is 46.1. The van der Waals surface area contributed by atoms with Crippen LogP contribution in [0.2, 0.25) is 0 Å². The van der Waals surface area contributed by atoms with Crippen molar-refractivity contribution in [3.05, 3.63) is 112 Å². The van der Waals surface area contributed by atoms with Gasteiger partial charge < -0.3 is 39.5 Å². The molecule has 4 N–H and O–H groups in total. The van der Waals surface area contributed by atoms with Crippen LogP contribution in [0.1, 0.15) is 37.5 Å². The summed E-state index contributed by atoms with van der Waals surface area (Å²) in [6, 6.07) is 18.4. The van der Waals surface area contributed by atoms with Crippen LogP contribution in [0.25, 0.3) is 11.1 Å². The number of carbonyl (C=O) groups excluding carboxylic acids is 1. The third kappa shape index (κ3) is 14.3. The highest BCUT2D eigenvalue weighted by Gasteiger charge is 2.30. The molecule has 0 bridgehead atoms. The second kappa shape index (κ2) is 21.9. The number of carboxylic acids is 2. The predicted octanol–water partition coefficient (Wildman–Crippen LogP) is 5.01. The number of benzene rings is 3. The van der Waals surface area contributed by atoms with Gasteiger partial charge in [-0.25, -0.2) is 14.0 Å². The van der Waals surface area contributed by atoms with Gasteiger partial charge in [0.1, 0.15) is 12.4 Å². The summed E-state index contributed by atoms with van der Waals surface area (Å²) in [5.41, 5.74) is 1.85. The summed E-state index contributed by atoms with van der Waals surface area (Å²) >= 11 is 1.26. The van der Waals surface area contributed by atoms with Crippen molar-refractivity contribution in [3.63, 3.8) is 0 Å². The standard InChI is InChI=1S/C35H38F4N4O3S.C4H6O6/c1-4-41(5-2)19-20-42(21-25-7-11-27(12-8-25)28-13-15-29(16-14-28)35(37,38)39)32(44)23-43-22-31(46-6-3)33(45)40-34(43)47-24-26-9-17-30(36)18-10-26;5-1(3(7)8)2(6)4(9)10/h7-18,22H,4-6,19-21,23-24H2,1-3H3;1-2,5-6H,(H,7,8)(H,9,10). The number of hydrogen-bond acceptors (Lipinski definition) is 10. The van der Waals surface area contributed by atoms with E-state index in [9.17, 15) is 36.7 Å². The predicted molar refractivity (Wildman–Crippen MR) is 203 cm³/mol. The number of carboxylic acid groups (broad SMARTS) is 2. The van der Waals surface area contributed by atoms with Crippen LogP contribution < -0.4 is 10.3 Å². The zero-order valence-corrected chi connectivity index (χ0v) is 32.2. The molecule has 0 saturated heterocycles. The third-order valence-corrected chi connectivity index (χ3v) is 9.49. The number of alkyl halides is 3. The van der Waals surface area contributed by atoms with Crippen molar-refractivity contribution in [2.45, 2.75) is 63.2 Å². The highest BCUT2D eigenvalue weighted by atomic mass is 32.2. The molecule has 13 nitrogen and oxygen atoms in total. The summed E-state index contributed by atoms with van der Waals surface area (Å²) in [5.74, 6) is -3.63. The quantitative estimate of drug-likeness (QED) is 0.0600. The molecular weight excluding hydrogens is 777 g/mol. The van der Waals surface area contributed by atoms with Gasteiger partial charge in [-0.15, -0.1) is 0 Å². The molecule has 2 atom stereocenters. The molecule has 0 fully saturated rings. The summed E-state index contributed by atoms with van der Waals surface area (Å²) in [4.78, 5) is 54.3. The van der Waals surface area contributed by atoms with E-state index in [1.165, 1.54) is 42.2 Å². The van der Waals surface area contributed by atoms with Crippen molar-refractivity contribution >= 4 is 29.6 Å². The van der Waals surface area contributed by atoms with E-state index in [-0.39, 0.29) is 30.6 Å². The second-order valence-electron chi connectivity index (χ2n) is 12.3. The van der Waals surface area contributed by atoms with Crippen molar-refractivity contribution in [2.75, 3.05) is 32.8 Å². The molecule has 1 amide bonds. The van der Waals surface area contributed by atoms with Gasteiger partial charge in [-0.05, 0) is 66.5 Å². The number of thioether (sulfide) groups is 1. The number of aromatic nitrogens is 2. The monoisotopic (exact) mass is 820 g/mol. The highest BCUT2D eigenvalue weighted by molar-refractivity contribution is 7.98.